The van der Waals surface area contributed by atoms with Crippen molar-refractivity contribution in [3.63, 3.8) is 0 Å². The van der Waals surface area contributed by atoms with Crippen LogP contribution in [-0.4, -0.2) is 47.8 Å². The summed E-state index contributed by atoms with van der Waals surface area (Å²) in [7, 11) is 1.68. The molecule has 0 spiro atoms. The zero-order chi connectivity index (χ0) is 18.1. The summed E-state index contributed by atoms with van der Waals surface area (Å²) in [5.74, 6) is 3.20. The first kappa shape index (κ1) is 17.1. The van der Waals surface area contributed by atoms with Crippen LogP contribution < -0.4 is 14.2 Å². The molecule has 3 heterocycles. The predicted molar refractivity (Wildman–Crippen MR) is 98.0 cm³/mol. The number of aromatic nitrogens is 2. The van der Waals surface area contributed by atoms with Gasteiger partial charge in [-0.05, 0) is 26.3 Å². The molecule has 2 aliphatic rings. The fraction of sp³-hybridized carbons (Fsp3) is 0.500. The van der Waals surface area contributed by atoms with Crippen molar-refractivity contribution in [2.45, 2.75) is 39.3 Å². The molecule has 2 aliphatic heterocycles. The summed E-state index contributed by atoms with van der Waals surface area (Å²) in [6.45, 7) is 7.32. The Morgan fingerprint density at radius 1 is 1.27 bits per heavy atom. The Balaban J connectivity index is 1.50. The highest BCUT2D eigenvalue weighted by atomic mass is 16.5. The number of ether oxygens (including phenoxy) is 3. The molecule has 1 atom stereocenters. The maximum Gasteiger partial charge on any atom is 0.220 e. The molecule has 0 saturated carbocycles. The van der Waals surface area contributed by atoms with Gasteiger partial charge in [-0.25, -0.2) is 4.98 Å². The SMILES string of the molecule is COc1cccc2c1OCCCN(CC1Cc3c(C)nc(C)nc3O1)C2. The number of methoxy groups -OCH3 is 1. The fourth-order valence-electron chi connectivity index (χ4n) is 3.80. The lowest BCUT2D eigenvalue weighted by Crippen LogP contribution is -2.36. The van der Waals surface area contributed by atoms with Gasteiger partial charge in [0.05, 0.1) is 13.7 Å². The summed E-state index contributed by atoms with van der Waals surface area (Å²) >= 11 is 0. The highest BCUT2D eigenvalue weighted by Crippen LogP contribution is 2.34. The molecule has 4 rings (SSSR count). The number of benzene rings is 1. The van der Waals surface area contributed by atoms with Gasteiger partial charge in [0.25, 0.3) is 0 Å². The molecule has 1 aromatic carbocycles. The first-order chi connectivity index (χ1) is 12.6. The third-order valence-corrected chi connectivity index (χ3v) is 5.00. The average Bonchev–Trinajstić information content (AvgIpc) is 2.99. The van der Waals surface area contributed by atoms with Crippen molar-refractivity contribution >= 4 is 0 Å². The minimum absolute atomic E-state index is 0.120. The molecule has 0 aliphatic carbocycles. The predicted octanol–water partition coefficient (Wildman–Crippen LogP) is 2.69. The zero-order valence-electron chi connectivity index (χ0n) is 15.6. The third-order valence-electron chi connectivity index (χ3n) is 5.00. The highest BCUT2D eigenvalue weighted by molar-refractivity contribution is 5.46. The van der Waals surface area contributed by atoms with Crippen molar-refractivity contribution in [3.05, 3.63) is 40.8 Å². The van der Waals surface area contributed by atoms with E-state index >= 15 is 0 Å². The van der Waals surface area contributed by atoms with Crippen molar-refractivity contribution in [2.75, 3.05) is 26.8 Å². The third kappa shape index (κ3) is 3.33. The fourth-order valence-corrected chi connectivity index (χ4v) is 3.80. The number of aryl methyl sites for hydroxylation is 2. The molecule has 0 N–H and O–H groups in total. The second-order valence-electron chi connectivity index (χ2n) is 6.97. The molecule has 0 bridgehead atoms. The number of fused-ring (bicyclic) bond motifs is 2. The Hall–Kier alpha value is -2.34. The maximum atomic E-state index is 6.13. The molecule has 26 heavy (non-hydrogen) atoms. The Bertz CT molecular complexity index is 809. The first-order valence-electron chi connectivity index (χ1n) is 9.16. The van der Waals surface area contributed by atoms with Crippen LogP contribution in [0, 0.1) is 13.8 Å². The van der Waals surface area contributed by atoms with Crippen LogP contribution in [0.4, 0.5) is 0 Å². The molecule has 6 nitrogen and oxygen atoms in total. The maximum absolute atomic E-state index is 6.13. The minimum Gasteiger partial charge on any atom is -0.493 e. The molecule has 0 radical (unpaired) electrons. The lowest BCUT2D eigenvalue weighted by molar-refractivity contribution is 0.128. The second-order valence-corrected chi connectivity index (χ2v) is 6.97. The van der Waals surface area contributed by atoms with Crippen LogP contribution in [0.2, 0.25) is 0 Å². The molecular weight excluding hydrogens is 330 g/mol. The van der Waals surface area contributed by atoms with E-state index in [0.29, 0.717) is 6.61 Å². The van der Waals surface area contributed by atoms with Crippen LogP contribution in [0.1, 0.15) is 29.1 Å². The van der Waals surface area contributed by atoms with E-state index in [2.05, 4.69) is 20.9 Å². The van der Waals surface area contributed by atoms with Crippen LogP contribution in [0.5, 0.6) is 17.4 Å². The van der Waals surface area contributed by atoms with E-state index in [9.17, 15) is 0 Å². The van der Waals surface area contributed by atoms with Crippen molar-refractivity contribution in [1.29, 1.82) is 0 Å². The first-order valence-corrected chi connectivity index (χ1v) is 9.16. The molecule has 6 heteroatoms. The Morgan fingerprint density at radius 2 is 2.15 bits per heavy atom. The second kappa shape index (κ2) is 7.11. The summed E-state index contributed by atoms with van der Waals surface area (Å²) in [5.41, 5.74) is 3.34. The molecule has 1 unspecified atom stereocenters. The Morgan fingerprint density at radius 3 is 3.00 bits per heavy atom. The summed E-state index contributed by atoms with van der Waals surface area (Å²) < 4.78 is 17.5. The molecule has 0 saturated heterocycles. The summed E-state index contributed by atoms with van der Waals surface area (Å²) in [6, 6.07) is 6.08. The quantitative estimate of drug-likeness (QED) is 0.844. The van der Waals surface area contributed by atoms with E-state index in [1.165, 1.54) is 0 Å². The van der Waals surface area contributed by atoms with Gasteiger partial charge in [-0.1, -0.05) is 12.1 Å². The average molecular weight is 355 g/mol. The van der Waals surface area contributed by atoms with Crippen LogP contribution >= 0.6 is 0 Å². The van der Waals surface area contributed by atoms with Gasteiger partial charge in [-0.3, -0.25) is 4.90 Å². The van der Waals surface area contributed by atoms with Crippen LogP contribution in [-0.2, 0) is 13.0 Å². The molecule has 0 fully saturated rings. The molecule has 2 aromatic rings. The molecule has 138 valence electrons. The Labute approximate surface area is 154 Å². The number of para-hydroxylation sites is 1. The molecular formula is C20H25N3O3. The smallest absolute Gasteiger partial charge is 0.220 e. The van der Waals surface area contributed by atoms with Gasteiger partial charge in [0, 0.05) is 42.9 Å². The number of rotatable bonds is 3. The minimum atomic E-state index is 0.120. The van der Waals surface area contributed by atoms with Crippen molar-refractivity contribution in [1.82, 2.24) is 14.9 Å². The largest absolute Gasteiger partial charge is 0.493 e. The monoisotopic (exact) mass is 355 g/mol. The summed E-state index contributed by atoms with van der Waals surface area (Å²) in [6.07, 6.45) is 1.98. The van der Waals surface area contributed by atoms with Gasteiger partial charge in [0.15, 0.2) is 11.5 Å². The standard InChI is InChI=1S/C20H25N3O3/c1-13-17-10-16(26-20(17)22-14(2)21-13)12-23-8-5-9-25-19-15(11-23)6-4-7-18(19)24-3/h4,6-7,16H,5,8-12H2,1-3H3. The van der Waals surface area contributed by atoms with Gasteiger partial charge >= 0.3 is 0 Å². The lowest BCUT2D eigenvalue weighted by atomic mass is 10.1. The van der Waals surface area contributed by atoms with Crippen molar-refractivity contribution < 1.29 is 14.2 Å². The van der Waals surface area contributed by atoms with Gasteiger partial charge < -0.3 is 14.2 Å². The van der Waals surface area contributed by atoms with E-state index in [1.807, 2.05) is 26.0 Å². The van der Waals surface area contributed by atoms with Crippen LogP contribution in [0.25, 0.3) is 0 Å². The van der Waals surface area contributed by atoms with E-state index in [4.69, 9.17) is 14.2 Å². The van der Waals surface area contributed by atoms with Gasteiger partial charge in [0.2, 0.25) is 5.88 Å². The van der Waals surface area contributed by atoms with Crippen molar-refractivity contribution in [2.24, 2.45) is 0 Å². The van der Waals surface area contributed by atoms with E-state index in [1.54, 1.807) is 7.11 Å². The normalized spacial score (nSPS) is 19.6. The van der Waals surface area contributed by atoms with E-state index < -0.39 is 0 Å². The van der Waals surface area contributed by atoms with E-state index in [0.717, 1.165) is 72.5 Å². The number of nitrogens with zero attached hydrogens (tertiary/aromatic N) is 3. The Kier molecular flexibility index (Phi) is 4.68. The summed E-state index contributed by atoms with van der Waals surface area (Å²) in [5, 5.41) is 0. The van der Waals surface area contributed by atoms with E-state index in [-0.39, 0.29) is 6.10 Å². The van der Waals surface area contributed by atoms with Gasteiger partial charge in [-0.2, -0.15) is 4.98 Å². The lowest BCUT2D eigenvalue weighted by Gasteiger charge is -2.28. The van der Waals surface area contributed by atoms with Crippen LogP contribution in [0.3, 0.4) is 0 Å². The van der Waals surface area contributed by atoms with Gasteiger partial charge in [0.1, 0.15) is 11.9 Å². The highest BCUT2D eigenvalue weighted by Gasteiger charge is 2.29. The topological polar surface area (TPSA) is 56.7 Å². The molecule has 0 amide bonds. The molecule has 1 aromatic heterocycles. The van der Waals surface area contributed by atoms with Crippen LogP contribution in [0.15, 0.2) is 18.2 Å². The summed E-state index contributed by atoms with van der Waals surface area (Å²) in [4.78, 5) is 11.4. The van der Waals surface area contributed by atoms with Gasteiger partial charge in [-0.15, -0.1) is 0 Å². The zero-order valence-corrected chi connectivity index (χ0v) is 15.6. The number of hydrogen-bond donors (Lipinski definition) is 0. The van der Waals surface area contributed by atoms with Crippen molar-refractivity contribution in [3.8, 4) is 17.4 Å². The number of hydrogen-bond acceptors (Lipinski definition) is 6.